The summed E-state index contributed by atoms with van der Waals surface area (Å²) in [6.07, 6.45) is 0.803. The molecule has 0 radical (unpaired) electrons. The number of non-ortho nitro benzene ring substituents is 1. The summed E-state index contributed by atoms with van der Waals surface area (Å²) in [5.74, 6) is 0.625. The molecule has 0 spiro atoms. The number of aliphatic hydroxyl groups excluding tert-OH is 1. The summed E-state index contributed by atoms with van der Waals surface area (Å²) in [7, 11) is 1.54. The summed E-state index contributed by atoms with van der Waals surface area (Å²) in [5, 5.41) is 22.4. The van der Waals surface area contributed by atoms with E-state index in [1.165, 1.54) is 19.2 Å². The molecule has 0 fully saturated rings. The van der Waals surface area contributed by atoms with Crippen LogP contribution in [-0.4, -0.2) is 43.5 Å². The minimum absolute atomic E-state index is 0.0261. The Labute approximate surface area is 117 Å². The number of methoxy groups -OCH3 is 1. The van der Waals surface area contributed by atoms with E-state index in [4.69, 9.17) is 14.6 Å². The van der Waals surface area contributed by atoms with Gasteiger partial charge in [0.25, 0.3) is 5.69 Å². The van der Waals surface area contributed by atoms with Crippen LogP contribution in [0.3, 0.4) is 0 Å². The lowest BCUT2D eigenvalue weighted by Crippen LogP contribution is -2.17. The Hall–Kier alpha value is -1.70. The van der Waals surface area contributed by atoms with E-state index in [0.717, 1.165) is 18.5 Å². The maximum atomic E-state index is 10.7. The predicted octanol–water partition coefficient (Wildman–Crippen LogP) is 1.09. The summed E-state index contributed by atoms with van der Waals surface area (Å²) in [6.45, 7) is 2.15. The molecule has 0 heterocycles. The number of benzene rings is 1. The molecule has 0 aliphatic heterocycles. The minimum Gasteiger partial charge on any atom is -0.496 e. The van der Waals surface area contributed by atoms with E-state index in [1.54, 1.807) is 6.07 Å². The van der Waals surface area contributed by atoms with Gasteiger partial charge in [0.1, 0.15) is 5.75 Å². The molecule has 1 aromatic rings. The van der Waals surface area contributed by atoms with E-state index in [1.807, 2.05) is 0 Å². The van der Waals surface area contributed by atoms with Crippen LogP contribution in [0.25, 0.3) is 0 Å². The minimum atomic E-state index is -0.425. The third kappa shape index (κ3) is 5.52. The fourth-order valence-corrected chi connectivity index (χ4v) is 1.71. The average molecular weight is 284 g/mol. The van der Waals surface area contributed by atoms with Gasteiger partial charge in [-0.25, -0.2) is 0 Å². The van der Waals surface area contributed by atoms with Gasteiger partial charge < -0.3 is 19.9 Å². The van der Waals surface area contributed by atoms with Crippen molar-refractivity contribution < 1.29 is 19.5 Å². The van der Waals surface area contributed by atoms with Crippen molar-refractivity contribution in [2.75, 3.05) is 33.5 Å². The van der Waals surface area contributed by atoms with Gasteiger partial charge in [0.2, 0.25) is 0 Å². The normalized spacial score (nSPS) is 10.5. The molecule has 1 aromatic carbocycles. The van der Waals surface area contributed by atoms with Crippen LogP contribution in [0.15, 0.2) is 18.2 Å². The van der Waals surface area contributed by atoms with Crippen LogP contribution in [0, 0.1) is 10.1 Å². The van der Waals surface area contributed by atoms with Crippen molar-refractivity contribution in [2.24, 2.45) is 0 Å². The molecule has 0 aliphatic carbocycles. The molecule has 20 heavy (non-hydrogen) atoms. The monoisotopic (exact) mass is 284 g/mol. The number of nitrogens with one attached hydrogen (secondary N) is 1. The molecule has 112 valence electrons. The van der Waals surface area contributed by atoms with Crippen LogP contribution in [-0.2, 0) is 11.3 Å². The standard InChI is InChI=1S/C13H20N2O5/c1-19-13-4-3-12(15(17)18)9-11(13)10-14-5-2-7-20-8-6-16/h3-4,9,14,16H,2,5-8,10H2,1H3. The molecule has 0 unspecified atom stereocenters. The highest BCUT2D eigenvalue weighted by molar-refractivity contribution is 5.43. The first-order valence-corrected chi connectivity index (χ1v) is 6.39. The first-order chi connectivity index (χ1) is 9.69. The molecule has 0 aromatic heterocycles. The Morgan fingerprint density at radius 1 is 1.40 bits per heavy atom. The first-order valence-electron chi connectivity index (χ1n) is 6.39. The summed E-state index contributed by atoms with van der Waals surface area (Å²) in [5.41, 5.74) is 0.798. The van der Waals surface area contributed by atoms with Gasteiger partial charge in [-0.05, 0) is 19.0 Å². The van der Waals surface area contributed by atoms with Crippen LogP contribution in [0.2, 0.25) is 0 Å². The Morgan fingerprint density at radius 2 is 2.20 bits per heavy atom. The maximum absolute atomic E-state index is 10.7. The average Bonchev–Trinajstić information content (AvgIpc) is 2.46. The van der Waals surface area contributed by atoms with Crippen molar-refractivity contribution in [1.29, 1.82) is 0 Å². The summed E-state index contributed by atoms with van der Waals surface area (Å²) < 4.78 is 10.3. The molecule has 7 heteroatoms. The Kier molecular flexibility index (Phi) is 7.56. The maximum Gasteiger partial charge on any atom is 0.270 e. The summed E-state index contributed by atoms with van der Waals surface area (Å²) in [6, 6.07) is 4.53. The van der Waals surface area contributed by atoms with Crippen LogP contribution < -0.4 is 10.1 Å². The lowest BCUT2D eigenvalue weighted by Gasteiger charge is -2.09. The number of aliphatic hydroxyl groups is 1. The third-order valence-electron chi connectivity index (χ3n) is 2.67. The highest BCUT2D eigenvalue weighted by atomic mass is 16.6. The fraction of sp³-hybridized carbons (Fsp3) is 0.538. The van der Waals surface area contributed by atoms with Gasteiger partial charge in [-0.15, -0.1) is 0 Å². The van der Waals surface area contributed by atoms with Gasteiger partial charge in [0.15, 0.2) is 0 Å². The number of nitrogens with zero attached hydrogens (tertiary/aromatic N) is 1. The summed E-state index contributed by atoms with van der Waals surface area (Å²) in [4.78, 5) is 10.3. The Balaban J connectivity index is 2.41. The van der Waals surface area contributed by atoms with Crippen molar-refractivity contribution in [3.05, 3.63) is 33.9 Å². The third-order valence-corrected chi connectivity index (χ3v) is 2.67. The van der Waals surface area contributed by atoms with Crippen LogP contribution in [0.5, 0.6) is 5.75 Å². The van der Waals surface area contributed by atoms with Crippen molar-refractivity contribution in [1.82, 2.24) is 5.32 Å². The number of hydrogen-bond donors (Lipinski definition) is 2. The van der Waals surface area contributed by atoms with Crippen LogP contribution in [0.4, 0.5) is 5.69 Å². The number of hydrogen-bond acceptors (Lipinski definition) is 6. The van der Waals surface area contributed by atoms with E-state index in [2.05, 4.69) is 5.32 Å². The second-order valence-corrected chi connectivity index (χ2v) is 4.12. The number of nitro benzene ring substituents is 1. The van der Waals surface area contributed by atoms with Crippen molar-refractivity contribution in [3.63, 3.8) is 0 Å². The molecule has 0 amide bonds. The van der Waals surface area contributed by atoms with Gasteiger partial charge in [-0.1, -0.05) is 0 Å². The lowest BCUT2D eigenvalue weighted by molar-refractivity contribution is -0.384. The zero-order chi connectivity index (χ0) is 14.8. The molecule has 7 nitrogen and oxygen atoms in total. The highest BCUT2D eigenvalue weighted by Crippen LogP contribution is 2.23. The fourth-order valence-electron chi connectivity index (χ4n) is 1.71. The van der Waals surface area contributed by atoms with Gasteiger partial charge in [-0.2, -0.15) is 0 Å². The van der Waals surface area contributed by atoms with E-state index < -0.39 is 4.92 Å². The van der Waals surface area contributed by atoms with Crippen LogP contribution in [0.1, 0.15) is 12.0 Å². The zero-order valence-corrected chi connectivity index (χ0v) is 11.5. The highest BCUT2D eigenvalue weighted by Gasteiger charge is 2.10. The van der Waals surface area contributed by atoms with E-state index in [0.29, 0.717) is 25.5 Å². The second kappa shape index (κ2) is 9.24. The Bertz CT molecular complexity index is 425. The van der Waals surface area contributed by atoms with Gasteiger partial charge >= 0.3 is 0 Å². The van der Waals surface area contributed by atoms with Crippen molar-refractivity contribution in [2.45, 2.75) is 13.0 Å². The van der Waals surface area contributed by atoms with Crippen LogP contribution >= 0.6 is 0 Å². The molecule has 1 rings (SSSR count). The second-order valence-electron chi connectivity index (χ2n) is 4.12. The predicted molar refractivity (Wildman–Crippen MR) is 73.9 cm³/mol. The first kappa shape index (κ1) is 16.4. The van der Waals surface area contributed by atoms with Gasteiger partial charge in [-0.3, -0.25) is 10.1 Å². The molecular formula is C13H20N2O5. The van der Waals surface area contributed by atoms with E-state index >= 15 is 0 Å². The smallest absolute Gasteiger partial charge is 0.270 e. The summed E-state index contributed by atoms with van der Waals surface area (Å²) >= 11 is 0. The molecule has 2 N–H and O–H groups in total. The van der Waals surface area contributed by atoms with Crippen molar-refractivity contribution in [3.8, 4) is 5.75 Å². The molecule has 0 aliphatic rings. The molecular weight excluding hydrogens is 264 g/mol. The quantitative estimate of drug-likeness (QED) is 0.379. The largest absolute Gasteiger partial charge is 0.496 e. The van der Waals surface area contributed by atoms with Gasteiger partial charge in [0.05, 0.1) is 25.2 Å². The molecule has 0 saturated heterocycles. The SMILES string of the molecule is COc1ccc([N+](=O)[O-])cc1CNCCCOCCO. The topological polar surface area (TPSA) is 93.9 Å². The lowest BCUT2D eigenvalue weighted by atomic mass is 10.1. The Morgan fingerprint density at radius 3 is 2.85 bits per heavy atom. The number of ether oxygens (including phenoxy) is 2. The van der Waals surface area contributed by atoms with Gasteiger partial charge in [0, 0.05) is 30.8 Å². The molecule has 0 bridgehead atoms. The van der Waals surface area contributed by atoms with E-state index in [-0.39, 0.29) is 12.3 Å². The number of rotatable bonds is 10. The zero-order valence-electron chi connectivity index (χ0n) is 11.5. The molecule has 0 atom stereocenters. The van der Waals surface area contributed by atoms with E-state index in [9.17, 15) is 10.1 Å². The molecule has 0 saturated carbocycles. The number of nitro groups is 1. The van der Waals surface area contributed by atoms with Crippen molar-refractivity contribution >= 4 is 5.69 Å².